The number of thioether (sulfide) groups is 1. The van der Waals surface area contributed by atoms with E-state index in [4.69, 9.17) is 5.73 Å². The molecule has 0 amide bonds. The Hall–Kier alpha value is -0.700. The summed E-state index contributed by atoms with van der Waals surface area (Å²) in [5.41, 5.74) is 5.66. The van der Waals surface area contributed by atoms with E-state index in [-0.39, 0.29) is 0 Å². The minimum Gasteiger partial charge on any atom is -0.383 e. The van der Waals surface area contributed by atoms with Crippen LogP contribution in [-0.4, -0.2) is 10.2 Å². The lowest BCUT2D eigenvalue weighted by molar-refractivity contribution is 1.25. The third-order valence-corrected chi connectivity index (χ3v) is 3.02. The quantitative estimate of drug-likeness (QED) is 0.729. The van der Waals surface area contributed by atoms with Gasteiger partial charge in [-0.1, -0.05) is 0 Å². The number of pyridine rings is 1. The van der Waals surface area contributed by atoms with Gasteiger partial charge in [-0.25, -0.2) is 4.98 Å². The van der Waals surface area contributed by atoms with E-state index in [1.807, 2.05) is 23.9 Å². The molecule has 11 heavy (non-hydrogen) atoms. The number of rotatable bonds is 2. The van der Waals surface area contributed by atoms with E-state index in [0.29, 0.717) is 5.82 Å². The zero-order chi connectivity index (χ0) is 7.68. The fourth-order valence-electron chi connectivity index (χ4n) is 0.868. The molecule has 2 nitrogen and oxygen atoms in total. The molecule has 1 fully saturated rings. The third-order valence-electron chi connectivity index (χ3n) is 1.62. The maximum atomic E-state index is 5.66. The molecule has 0 spiro atoms. The maximum Gasteiger partial charge on any atom is 0.137 e. The van der Waals surface area contributed by atoms with E-state index >= 15 is 0 Å². The molecule has 1 saturated carbocycles. The minimum absolute atomic E-state index is 0.671. The second kappa shape index (κ2) is 2.74. The standard InChI is InChI=1S/C8H10N2S/c9-8-7(2-1-5-10-8)11-6-3-4-6/h1-2,5-6H,3-4H2,(H2,9,10). The zero-order valence-electron chi connectivity index (χ0n) is 6.16. The van der Waals surface area contributed by atoms with E-state index in [9.17, 15) is 0 Å². The molecule has 0 aromatic carbocycles. The summed E-state index contributed by atoms with van der Waals surface area (Å²) >= 11 is 1.85. The van der Waals surface area contributed by atoms with Gasteiger partial charge in [0.15, 0.2) is 0 Å². The topological polar surface area (TPSA) is 38.9 Å². The fourth-order valence-corrected chi connectivity index (χ4v) is 1.93. The molecule has 1 aromatic heterocycles. The SMILES string of the molecule is Nc1ncccc1SC1CC1. The Morgan fingerprint density at radius 1 is 1.55 bits per heavy atom. The summed E-state index contributed by atoms with van der Waals surface area (Å²) in [6.07, 6.45) is 4.39. The summed E-state index contributed by atoms with van der Waals surface area (Å²) in [5, 5.41) is 0.807. The highest BCUT2D eigenvalue weighted by atomic mass is 32.2. The second-order valence-corrected chi connectivity index (χ2v) is 4.05. The molecule has 0 aliphatic heterocycles. The Bertz CT molecular complexity index is 258. The highest BCUT2D eigenvalue weighted by Crippen LogP contribution is 2.40. The van der Waals surface area contributed by atoms with Crippen LogP contribution >= 0.6 is 11.8 Å². The Kier molecular flexibility index (Phi) is 1.74. The van der Waals surface area contributed by atoms with Gasteiger partial charge < -0.3 is 5.73 Å². The maximum absolute atomic E-state index is 5.66. The smallest absolute Gasteiger partial charge is 0.137 e. The Balaban J connectivity index is 2.15. The van der Waals surface area contributed by atoms with Gasteiger partial charge in [-0.3, -0.25) is 0 Å². The molecule has 3 heteroatoms. The van der Waals surface area contributed by atoms with Crippen LogP contribution in [0.3, 0.4) is 0 Å². The fraction of sp³-hybridized carbons (Fsp3) is 0.375. The molecule has 0 radical (unpaired) electrons. The molecule has 0 saturated heterocycles. The predicted octanol–water partition coefficient (Wildman–Crippen LogP) is 1.92. The van der Waals surface area contributed by atoms with Crippen molar-refractivity contribution in [1.82, 2.24) is 4.98 Å². The molecule has 0 unspecified atom stereocenters. The molecule has 58 valence electrons. The molecule has 2 rings (SSSR count). The first-order valence-electron chi connectivity index (χ1n) is 3.73. The van der Waals surface area contributed by atoms with Crippen LogP contribution in [-0.2, 0) is 0 Å². The van der Waals surface area contributed by atoms with Crippen LogP contribution in [0, 0.1) is 0 Å². The average molecular weight is 166 g/mol. The van der Waals surface area contributed by atoms with Gasteiger partial charge >= 0.3 is 0 Å². The van der Waals surface area contributed by atoms with Gasteiger partial charge in [-0.05, 0) is 25.0 Å². The monoisotopic (exact) mass is 166 g/mol. The normalized spacial score (nSPS) is 16.7. The molecule has 0 atom stereocenters. The number of nitrogens with two attached hydrogens (primary N) is 1. The van der Waals surface area contributed by atoms with Gasteiger partial charge in [0, 0.05) is 16.3 Å². The summed E-state index contributed by atoms with van der Waals surface area (Å²) in [5.74, 6) is 0.671. The lowest BCUT2D eigenvalue weighted by Gasteiger charge is -2.00. The van der Waals surface area contributed by atoms with Crippen molar-refractivity contribution in [3.8, 4) is 0 Å². The van der Waals surface area contributed by atoms with Crippen LogP contribution in [0.5, 0.6) is 0 Å². The summed E-state index contributed by atoms with van der Waals surface area (Å²) in [4.78, 5) is 5.15. The lowest BCUT2D eigenvalue weighted by Crippen LogP contribution is -1.91. The van der Waals surface area contributed by atoms with Crippen LogP contribution < -0.4 is 5.73 Å². The third kappa shape index (κ3) is 1.66. The van der Waals surface area contributed by atoms with E-state index < -0.39 is 0 Å². The van der Waals surface area contributed by atoms with E-state index in [1.54, 1.807) is 6.20 Å². The largest absolute Gasteiger partial charge is 0.383 e. The van der Waals surface area contributed by atoms with Crippen LogP contribution in [0.2, 0.25) is 0 Å². The number of hydrogen-bond acceptors (Lipinski definition) is 3. The van der Waals surface area contributed by atoms with Crippen molar-refractivity contribution in [2.75, 3.05) is 5.73 Å². The summed E-state index contributed by atoms with van der Waals surface area (Å²) in [7, 11) is 0. The van der Waals surface area contributed by atoms with Gasteiger partial charge in [0.2, 0.25) is 0 Å². The summed E-state index contributed by atoms with van der Waals surface area (Å²) in [6.45, 7) is 0. The van der Waals surface area contributed by atoms with Crippen molar-refractivity contribution in [2.24, 2.45) is 0 Å². The minimum atomic E-state index is 0.671. The van der Waals surface area contributed by atoms with E-state index in [1.165, 1.54) is 12.8 Å². The highest BCUT2D eigenvalue weighted by Gasteiger charge is 2.23. The first kappa shape index (κ1) is 6.98. The van der Waals surface area contributed by atoms with Crippen LogP contribution in [0.25, 0.3) is 0 Å². The number of nitrogens with zero attached hydrogens (tertiary/aromatic N) is 1. The van der Waals surface area contributed by atoms with Crippen LogP contribution in [0.1, 0.15) is 12.8 Å². The van der Waals surface area contributed by atoms with Crippen molar-refractivity contribution in [3.05, 3.63) is 18.3 Å². The lowest BCUT2D eigenvalue weighted by atomic mass is 10.5. The van der Waals surface area contributed by atoms with Crippen molar-refractivity contribution >= 4 is 17.6 Å². The molecule has 1 aliphatic carbocycles. The van der Waals surface area contributed by atoms with Crippen molar-refractivity contribution in [1.29, 1.82) is 0 Å². The molecule has 1 heterocycles. The molecule has 1 aromatic rings. The second-order valence-electron chi connectivity index (χ2n) is 2.70. The summed E-state index contributed by atoms with van der Waals surface area (Å²) < 4.78 is 0. The average Bonchev–Trinajstić information content (AvgIpc) is 2.78. The van der Waals surface area contributed by atoms with Gasteiger partial charge in [-0.2, -0.15) is 0 Å². The first-order chi connectivity index (χ1) is 5.36. The van der Waals surface area contributed by atoms with Crippen LogP contribution in [0.4, 0.5) is 5.82 Å². The number of nitrogen functional groups attached to an aromatic ring is 1. The van der Waals surface area contributed by atoms with Gasteiger partial charge in [-0.15, -0.1) is 11.8 Å². The predicted molar refractivity (Wildman–Crippen MR) is 47.5 cm³/mol. The van der Waals surface area contributed by atoms with Gasteiger partial charge in [0.25, 0.3) is 0 Å². The Labute approximate surface area is 70.2 Å². The number of aromatic nitrogens is 1. The Morgan fingerprint density at radius 2 is 2.36 bits per heavy atom. The summed E-state index contributed by atoms with van der Waals surface area (Å²) in [6, 6.07) is 3.96. The molecular formula is C8H10N2S. The highest BCUT2D eigenvalue weighted by molar-refractivity contribution is 8.00. The molecular weight excluding hydrogens is 156 g/mol. The van der Waals surface area contributed by atoms with Gasteiger partial charge in [0.05, 0.1) is 0 Å². The van der Waals surface area contributed by atoms with E-state index in [2.05, 4.69) is 4.98 Å². The number of hydrogen-bond donors (Lipinski definition) is 1. The van der Waals surface area contributed by atoms with Crippen molar-refractivity contribution in [2.45, 2.75) is 23.0 Å². The van der Waals surface area contributed by atoms with Gasteiger partial charge in [0.1, 0.15) is 5.82 Å². The number of anilines is 1. The van der Waals surface area contributed by atoms with E-state index in [0.717, 1.165) is 10.1 Å². The molecule has 2 N–H and O–H groups in total. The Morgan fingerprint density at radius 3 is 3.00 bits per heavy atom. The van der Waals surface area contributed by atoms with Crippen molar-refractivity contribution in [3.63, 3.8) is 0 Å². The zero-order valence-corrected chi connectivity index (χ0v) is 6.97. The van der Waals surface area contributed by atoms with Crippen LogP contribution in [0.15, 0.2) is 23.2 Å². The van der Waals surface area contributed by atoms with Crippen molar-refractivity contribution < 1.29 is 0 Å². The molecule has 1 aliphatic rings. The first-order valence-corrected chi connectivity index (χ1v) is 4.61. The molecule has 0 bridgehead atoms.